The lowest BCUT2D eigenvalue weighted by Gasteiger charge is -2.13. The van der Waals surface area contributed by atoms with Gasteiger partial charge in [0, 0.05) is 31.2 Å². The van der Waals surface area contributed by atoms with E-state index in [-0.39, 0.29) is 24.4 Å². The number of halogens is 1. The number of nitrogens with two attached hydrogens (primary N) is 1. The number of hydrogen-bond donors (Lipinski definition) is 1. The summed E-state index contributed by atoms with van der Waals surface area (Å²) in [5.74, 6) is -0.373. The van der Waals surface area contributed by atoms with Crippen molar-refractivity contribution in [2.24, 2.45) is 5.73 Å². The number of aryl methyl sites for hydroxylation is 1. The van der Waals surface area contributed by atoms with Crippen LogP contribution in [0.25, 0.3) is 11.4 Å². The summed E-state index contributed by atoms with van der Waals surface area (Å²) in [6, 6.07) is 13.2. The SMILES string of the molecule is NC(=O)COc1cc(-n2ccccc2=O)ccc1-n1cc(CCC(=O)c2ccc(Cl)s2)nn1. The third kappa shape index (κ3) is 5.36. The first kappa shape index (κ1) is 22.4. The predicted molar refractivity (Wildman–Crippen MR) is 124 cm³/mol. The number of carbonyl (C=O) groups excluding carboxylic acids is 2. The van der Waals surface area contributed by atoms with Gasteiger partial charge in [0.15, 0.2) is 12.4 Å². The molecule has 1 amide bonds. The van der Waals surface area contributed by atoms with Crippen LogP contribution in [0.4, 0.5) is 0 Å². The van der Waals surface area contributed by atoms with Gasteiger partial charge < -0.3 is 10.5 Å². The van der Waals surface area contributed by atoms with Crippen molar-refractivity contribution in [2.45, 2.75) is 12.8 Å². The fraction of sp³-hybridized carbons (Fsp3) is 0.136. The molecule has 168 valence electrons. The summed E-state index contributed by atoms with van der Waals surface area (Å²) in [6.07, 6.45) is 3.95. The van der Waals surface area contributed by atoms with Gasteiger partial charge in [-0.05, 0) is 30.3 Å². The molecule has 2 N–H and O–H groups in total. The molecule has 0 saturated carbocycles. The van der Waals surface area contributed by atoms with Gasteiger partial charge in [-0.3, -0.25) is 19.0 Å². The minimum atomic E-state index is -0.644. The second-order valence-electron chi connectivity index (χ2n) is 7.00. The quantitative estimate of drug-likeness (QED) is 0.365. The highest BCUT2D eigenvalue weighted by atomic mass is 35.5. The van der Waals surface area contributed by atoms with E-state index in [4.69, 9.17) is 22.1 Å². The molecule has 0 saturated heterocycles. The molecule has 0 aliphatic heterocycles. The van der Waals surface area contributed by atoms with E-state index in [0.29, 0.717) is 38.5 Å². The standard InChI is InChI=1S/C22H18ClN5O4S/c23-20-9-8-19(33-20)17(29)7-4-14-12-28(26-25-14)16-6-5-15(11-18(16)32-13-21(24)30)27-10-2-1-3-22(27)31/h1-3,5-6,8-12H,4,7,13H2,(H2,24,30). The van der Waals surface area contributed by atoms with Gasteiger partial charge in [-0.25, -0.2) is 4.68 Å². The van der Waals surface area contributed by atoms with Crippen molar-refractivity contribution < 1.29 is 14.3 Å². The highest BCUT2D eigenvalue weighted by Gasteiger charge is 2.14. The Labute approximate surface area is 197 Å². The monoisotopic (exact) mass is 483 g/mol. The molecule has 11 heteroatoms. The number of thiophene rings is 1. The fourth-order valence-corrected chi connectivity index (χ4v) is 4.12. The molecule has 0 radical (unpaired) electrons. The number of nitrogens with zero attached hydrogens (tertiary/aromatic N) is 4. The Morgan fingerprint density at radius 2 is 2.00 bits per heavy atom. The van der Waals surface area contributed by atoms with Gasteiger partial charge in [0.1, 0.15) is 11.4 Å². The summed E-state index contributed by atoms with van der Waals surface area (Å²) in [5, 5.41) is 8.25. The number of carbonyl (C=O) groups is 2. The van der Waals surface area contributed by atoms with Crippen LogP contribution in [0.5, 0.6) is 5.75 Å². The Morgan fingerprint density at radius 3 is 2.73 bits per heavy atom. The van der Waals surface area contributed by atoms with Crippen molar-refractivity contribution in [1.29, 1.82) is 0 Å². The lowest BCUT2D eigenvalue weighted by Crippen LogP contribution is -2.21. The average molecular weight is 484 g/mol. The van der Waals surface area contributed by atoms with Crippen LogP contribution < -0.4 is 16.0 Å². The van der Waals surface area contributed by atoms with Crippen molar-refractivity contribution in [3.05, 3.63) is 86.2 Å². The predicted octanol–water partition coefficient (Wildman–Crippen LogP) is 2.81. The van der Waals surface area contributed by atoms with E-state index in [2.05, 4.69) is 10.3 Å². The molecule has 0 atom stereocenters. The molecule has 33 heavy (non-hydrogen) atoms. The van der Waals surface area contributed by atoms with Crippen LogP contribution in [0.15, 0.2) is 65.7 Å². The number of aromatic nitrogens is 4. The second-order valence-corrected chi connectivity index (χ2v) is 8.71. The number of ether oxygens (including phenoxy) is 1. The Morgan fingerprint density at radius 1 is 1.15 bits per heavy atom. The van der Waals surface area contributed by atoms with Gasteiger partial charge in [-0.15, -0.1) is 16.4 Å². The van der Waals surface area contributed by atoms with Gasteiger partial charge in [-0.2, -0.15) is 0 Å². The van der Waals surface area contributed by atoms with Crippen LogP contribution in [0.3, 0.4) is 0 Å². The molecule has 4 aromatic rings. The normalized spacial score (nSPS) is 10.8. The smallest absolute Gasteiger partial charge is 0.255 e. The molecule has 0 fully saturated rings. The summed E-state index contributed by atoms with van der Waals surface area (Å²) in [5.41, 5.74) is 6.67. The van der Waals surface area contributed by atoms with Crippen LogP contribution in [0.1, 0.15) is 21.8 Å². The first-order chi connectivity index (χ1) is 15.9. The third-order valence-corrected chi connectivity index (χ3v) is 5.93. The molecule has 9 nitrogen and oxygen atoms in total. The van der Waals surface area contributed by atoms with Crippen LogP contribution in [-0.4, -0.2) is 37.9 Å². The molecule has 1 aromatic carbocycles. The van der Waals surface area contributed by atoms with Crippen LogP contribution in [0, 0.1) is 0 Å². The highest BCUT2D eigenvalue weighted by Crippen LogP contribution is 2.26. The van der Waals surface area contributed by atoms with Gasteiger partial charge in [0.2, 0.25) is 0 Å². The molecule has 0 bridgehead atoms. The highest BCUT2D eigenvalue weighted by molar-refractivity contribution is 7.18. The number of Topliss-reactive ketones (excluding diaryl/α,β-unsaturated/α-hetero) is 1. The summed E-state index contributed by atoms with van der Waals surface area (Å²) in [4.78, 5) is 36.4. The summed E-state index contributed by atoms with van der Waals surface area (Å²) in [7, 11) is 0. The minimum absolute atomic E-state index is 0.0235. The summed E-state index contributed by atoms with van der Waals surface area (Å²) >= 11 is 7.13. The Kier molecular flexibility index (Phi) is 6.66. The van der Waals surface area contributed by atoms with Crippen LogP contribution in [0.2, 0.25) is 4.34 Å². The summed E-state index contributed by atoms with van der Waals surface area (Å²) < 4.78 is 9.07. The fourth-order valence-electron chi connectivity index (χ4n) is 3.11. The van der Waals surface area contributed by atoms with E-state index < -0.39 is 5.91 Å². The molecular formula is C22H18ClN5O4S. The Balaban J connectivity index is 1.58. The number of rotatable bonds is 9. The van der Waals surface area contributed by atoms with E-state index in [0.717, 1.165) is 0 Å². The molecular weight excluding hydrogens is 466 g/mol. The molecule has 4 rings (SSSR count). The summed E-state index contributed by atoms with van der Waals surface area (Å²) in [6.45, 7) is -0.348. The Bertz CT molecular complexity index is 1380. The lowest BCUT2D eigenvalue weighted by molar-refractivity contribution is -0.119. The zero-order valence-electron chi connectivity index (χ0n) is 17.2. The van der Waals surface area contributed by atoms with E-state index in [1.54, 1.807) is 54.9 Å². The molecule has 0 aliphatic carbocycles. The number of pyridine rings is 1. The van der Waals surface area contributed by atoms with E-state index in [1.165, 1.54) is 26.7 Å². The van der Waals surface area contributed by atoms with E-state index in [9.17, 15) is 14.4 Å². The lowest BCUT2D eigenvalue weighted by atomic mass is 10.1. The maximum atomic E-state index is 12.3. The van der Waals surface area contributed by atoms with Crippen molar-refractivity contribution in [1.82, 2.24) is 19.6 Å². The average Bonchev–Trinajstić information content (AvgIpc) is 3.45. The first-order valence-corrected chi connectivity index (χ1v) is 11.0. The second kappa shape index (κ2) is 9.80. The number of ketones is 1. The van der Waals surface area contributed by atoms with E-state index in [1.807, 2.05) is 0 Å². The minimum Gasteiger partial charge on any atom is -0.481 e. The number of hydrogen-bond acceptors (Lipinski definition) is 7. The number of primary amides is 1. The molecule has 3 heterocycles. The molecule has 0 unspecified atom stereocenters. The maximum Gasteiger partial charge on any atom is 0.255 e. The maximum absolute atomic E-state index is 12.3. The van der Waals surface area contributed by atoms with Gasteiger partial charge in [0.05, 0.1) is 26.8 Å². The zero-order chi connectivity index (χ0) is 23.4. The van der Waals surface area contributed by atoms with Crippen molar-refractivity contribution in [2.75, 3.05) is 6.61 Å². The van der Waals surface area contributed by atoms with E-state index >= 15 is 0 Å². The first-order valence-electron chi connectivity index (χ1n) is 9.84. The number of amides is 1. The Hall–Kier alpha value is -3.76. The third-order valence-electron chi connectivity index (χ3n) is 4.66. The van der Waals surface area contributed by atoms with Gasteiger partial charge in [0.25, 0.3) is 11.5 Å². The van der Waals surface area contributed by atoms with Crippen molar-refractivity contribution in [3.8, 4) is 17.1 Å². The van der Waals surface area contributed by atoms with Gasteiger partial charge in [-0.1, -0.05) is 22.9 Å². The largest absolute Gasteiger partial charge is 0.481 e. The van der Waals surface area contributed by atoms with Crippen LogP contribution >= 0.6 is 22.9 Å². The van der Waals surface area contributed by atoms with Crippen molar-refractivity contribution in [3.63, 3.8) is 0 Å². The molecule has 0 spiro atoms. The zero-order valence-corrected chi connectivity index (χ0v) is 18.8. The molecule has 3 aromatic heterocycles. The van der Waals surface area contributed by atoms with Gasteiger partial charge >= 0.3 is 0 Å². The van der Waals surface area contributed by atoms with Crippen molar-refractivity contribution >= 4 is 34.6 Å². The molecule has 0 aliphatic rings. The topological polar surface area (TPSA) is 122 Å². The number of benzene rings is 1. The van der Waals surface area contributed by atoms with Crippen LogP contribution in [-0.2, 0) is 11.2 Å².